The van der Waals surface area contributed by atoms with Crippen LogP contribution in [-0.4, -0.2) is 30.4 Å². The Morgan fingerprint density at radius 3 is 2.69 bits per heavy atom. The first-order valence-electron chi connectivity index (χ1n) is 10.4. The number of piperidine rings is 1. The number of carbonyl (C=O) groups is 1. The van der Waals surface area contributed by atoms with Crippen molar-refractivity contribution in [3.63, 3.8) is 0 Å². The summed E-state index contributed by atoms with van der Waals surface area (Å²) in [6.45, 7) is 5.34. The molecule has 5 rings (SSSR count). The molecule has 1 saturated carbocycles. The van der Waals surface area contributed by atoms with Crippen molar-refractivity contribution in [2.75, 3.05) is 19.6 Å². The van der Waals surface area contributed by atoms with Crippen molar-refractivity contribution >= 4 is 5.91 Å². The van der Waals surface area contributed by atoms with Gasteiger partial charge in [0.2, 0.25) is 5.91 Å². The molecular formula is C23H30N2O. The molecule has 3 nitrogen and oxygen atoms in total. The number of rotatable bonds is 3. The highest BCUT2D eigenvalue weighted by Crippen LogP contribution is 2.51. The minimum Gasteiger partial charge on any atom is -0.349 e. The highest BCUT2D eigenvalue weighted by molar-refractivity contribution is 5.73. The van der Waals surface area contributed by atoms with Crippen molar-refractivity contribution < 1.29 is 4.79 Å². The second kappa shape index (κ2) is 6.23. The molecule has 1 heterocycles. The van der Waals surface area contributed by atoms with Gasteiger partial charge < -0.3 is 10.2 Å². The Hall–Kier alpha value is -1.61. The van der Waals surface area contributed by atoms with Crippen molar-refractivity contribution in [1.82, 2.24) is 10.2 Å². The SMILES string of the molecule is CC(=O)NC1CC2(CCN(C[C@@H]3C[C@@H]4C=C[C@H]3C4)CC2)c2ccccc21. The van der Waals surface area contributed by atoms with Crippen molar-refractivity contribution in [2.45, 2.75) is 50.5 Å². The summed E-state index contributed by atoms with van der Waals surface area (Å²) in [5.74, 6) is 2.71. The van der Waals surface area contributed by atoms with Gasteiger partial charge in [-0.3, -0.25) is 4.79 Å². The molecule has 0 radical (unpaired) electrons. The molecule has 3 aliphatic carbocycles. The number of carbonyl (C=O) groups excluding carboxylic acids is 1. The van der Waals surface area contributed by atoms with Crippen LogP contribution in [0.5, 0.6) is 0 Å². The van der Waals surface area contributed by atoms with E-state index in [1.807, 2.05) is 0 Å². The average molecular weight is 351 g/mol. The number of likely N-dealkylation sites (tertiary alicyclic amines) is 1. The lowest BCUT2D eigenvalue weighted by Gasteiger charge is -2.41. The maximum absolute atomic E-state index is 11.7. The lowest BCUT2D eigenvalue weighted by molar-refractivity contribution is -0.119. The van der Waals surface area contributed by atoms with Gasteiger partial charge in [0.05, 0.1) is 6.04 Å². The Kier molecular flexibility index (Phi) is 3.97. The molecule has 3 heteroatoms. The van der Waals surface area contributed by atoms with Gasteiger partial charge in [-0.2, -0.15) is 0 Å². The number of nitrogens with one attached hydrogen (secondary N) is 1. The van der Waals surface area contributed by atoms with Gasteiger partial charge in [0.1, 0.15) is 0 Å². The van der Waals surface area contributed by atoms with Crippen LogP contribution in [0, 0.1) is 17.8 Å². The molecule has 4 atom stereocenters. The lowest BCUT2D eigenvalue weighted by atomic mass is 9.73. The number of nitrogens with zero attached hydrogens (tertiary/aromatic N) is 1. The van der Waals surface area contributed by atoms with Crippen LogP contribution in [0.1, 0.15) is 56.2 Å². The second-order valence-corrected chi connectivity index (χ2v) is 9.17. The van der Waals surface area contributed by atoms with Gasteiger partial charge in [0.15, 0.2) is 0 Å². The molecule has 1 aliphatic heterocycles. The fourth-order valence-corrected chi connectivity index (χ4v) is 6.34. The molecule has 2 fully saturated rings. The number of amides is 1. The first-order chi connectivity index (χ1) is 12.6. The summed E-state index contributed by atoms with van der Waals surface area (Å²) in [6, 6.07) is 9.02. The largest absolute Gasteiger partial charge is 0.349 e. The van der Waals surface area contributed by atoms with Crippen LogP contribution in [0.4, 0.5) is 0 Å². The molecule has 1 saturated heterocycles. The number of allylic oxidation sites excluding steroid dienone is 2. The molecule has 1 amide bonds. The lowest BCUT2D eigenvalue weighted by Crippen LogP contribution is -2.44. The van der Waals surface area contributed by atoms with Crippen molar-refractivity contribution in [3.05, 3.63) is 47.5 Å². The minimum atomic E-state index is 0.0867. The maximum Gasteiger partial charge on any atom is 0.217 e. The molecular weight excluding hydrogens is 320 g/mol. The predicted molar refractivity (Wildman–Crippen MR) is 104 cm³/mol. The summed E-state index contributed by atoms with van der Waals surface area (Å²) < 4.78 is 0. The van der Waals surface area contributed by atoms with Gasteiger partial charge in [0, 0.05) is 18.9 Å². The second-order valence-electron chi connectivity index (χ2n) is 9.17. The van der Waals surface area contributed by atoms with Crippen molar-refractivity contribution in [1.29, 1.82) is 0 Å². The third kappa shape index (κ3) is 2.72. The van der Waals surface area contributed by atoms with Gasteiger partial charge >= 0.3 is 0 Å². The Bertz CT molecular complexity index is 731. The molecule has 138 valence electrons. The summed E-state index contributed by atoms with van der Waals surface area (Å²) in [4.78, 5) is 14.4. The third-order valence-corrected chi connectivity index (χ3v) is 7.60. The normalized spacial score (nSPS) is 34.3. The van der Waals surface area contributed by atoms with Gasteiger partial charge in [0.25, 0.3) is 0 Å². The predicted octanol–water partition coefficient (Wildman–Crippen LogP) is 3.81. The molecule has 1 spiro atoms. The fourth-order valence-electron chi connectivity index (χ4n) is 6.34. The van der Waals surface area contributed by atoms with E-state index in [2.05, 4.69) is 46.6 Å². The summed E-state index contributed by atoms with van der Waals surface area (Å²) in [6.07, 6.45) is 11.3. The average Bonchev–Trinajstić information content (AvgIpc) is 3.32. The van der Waals surface area contributed by atoms with Crippen LogP contribution < -0.4 is 5.32 Å². The van der Waals surface area contributed by atoms with Gasteiger partial charge in [-0.15, -0.1) is 0 Å². The number of hydrogen-bond acceptors (Lipinski definition) is 2. The number of hydrogen-bond donors (Lipinski definition) is 1. The zero-order valence-corrected chi connectivity index (χ0v) is 15.8. The first kappa shape index (κ1) is 16.6. The van der Waals surface area contributed by atoms with Gasteiger partial charge in [-0.25, -0.2) is 0 Å². The van der Waals surface area contributed by atoms with E-state index in [0.717, 1.165) is 24.2 Å². The molecule has 0 aromatic heterocycles. The van der Waals surface area contributed by atoms with E-state index in [4.69, 9.17) is 0 Å². The molecule has 1 aromatic carbocycles. The van der Waals surface area contributed by atoms with Gasteiger partial charge in [-0.05, 0) is 74.1 Å². The minimum absolute atomic E-state index is 0.0867. The Labute approximate surface area is 156 Å². The maximum atomic E-state index is 11.7. The van der Waals surface area contributed by atoms with E-state index in [1.165, 1.54) is 56.4 Å². The topological polar surface area (TPSA) is 32.3 Å². The zero-order chi connectivity index (χ0) is 17.7. The highest BCUT2D eigenvalue weighted by atomic mass is 16.1. The van der Waals surface area contributed by atoms with Crippen molar-refractivity contribution in [2.24, 2.45) is 17.8 Å². The third-order valence-electron chi connectivity index (χ3n) is 7.60. The van der Waals surface area contributed by atoms with Crippen LogP contribution in [0.25, 0.3) is 0 Å². The van der Waals surface area contributed by atoms with E-state index >= 15 is 0 Å². The molecule has 1 aromatic rings. The summed E-state index contributed by atoms with van der Waals surface area (Å²) in [7, 11) is 0. The summed E-state index contributed by atoms with van der Waals surface area (Å²) >= 11 is 0. The first-order valence-corrected chi connectivity index (χ1v) is 10.4. The van der Waals surface area contributed by atoms with Gasteiger partial charge in [-0.1, -0.05) is 36.4 Å². The molecule has 26 heavy (non-hydrogen) atoms. The van der Waals surface area contributed by atoms with Crippen LogP contribution in [0.15, 0.2) is 36.4 Å². The van der Waals surface area contributed by atoms with E-state index in [0.29, 0.717) is 0 Å². The van der Waals surface area contributed by atoms with E-state index in [-0.39, 0.29) is 17.4 Å². The van der Waals surface area contributed by atoms with Crippen molar-refractivity contribution in [3.8, 4) is 0 Å². The smallest absolute Gasteiger partial charge is 0.217 e. The van der Waals surface area contributed by atoms with Crippen LogP contribution in [0.3, 0.4) is 0 Å². The van der Waals surface area contributed by atoms with E-state index < -0.39 is 0 Å². The number of fused-ring (bicyclic) bond motifs is 4. The Morgan fingerprint density at radius 1 is 1.19 bits per heavy atom. The molecule has 1 N–H and O–H groups in total. The van der Waals surface area contributed by atoms with Crippen LogP contribution in [-0.2, 0) is 10.2 Å². The van der Waals surface area contributed by atoms with Crippen LogP contribution in [0.2, 0.25) is 0 Å². The molecule has 2 bridgehead atoms. The monoisotopic (exact) mass is 350 g/mol. The fraction of sp³-hybridized carbons (Fsp3) is 0.609. The summed E-state index contributed by atoms with van der Waals surface area (Å²) in [5.41, 5.74) is 3.13. The summed E-state index contributed by atoms with van der Waals surface area (Å²) in [5, 5.41) is 3.20. The molecule has 4 aliphatic rings. The standard InChI is InChI=1S/C23H30N2O/c1-16(26)24-22-14-23(21-5-3-2-4-20(21)22)8-10-25(11-9-23)15-19-13-17-6-7-18(19)12-17/h2-7,17-19,22H,8-15H2,1H3,(H,24,26)/t17-,18+,19+,22?/m1/s1. The highest BCUT2D eigenvalue weighted by Gasteiger charge is 2.46. The quantitative estimate of drug-likeness (QED) is 0.841. The molecule has 1 unspecified atom stereocenters. The Morgan fingerprint density at radius 2 is 2.00 bits per heavy atom. The Balaban J connectivity index is 1.28. The zero-order valence-electron chi connectivity index (χ0n) is 15.8. The number of benzene rings is 1. The van der Waals surface area contributed by atoms with Crippen LogP contribution >= 0.6 is 0 Å². The van der Waals surface area contributed by atoms with E-state index in [9.17, 15) is 4.79 Å². The van der Waals surface area contributed by atoms with E-state index in [1.54, 1.807) is 6.92 Å².